The second-order valence-electron chi connectivity index (χ2n) is 6.91. The summed E-state index contributed by atoms with van der Waals surface area (Å²) in [7, 11) is 0. The normalized spacial score (nSPS) is 22.4. The van der Waals surface area contributed by atoms with Crippen LogP contribution < -0.4 is 10.6 Å². The Morgan fingerprint density at radius 2 is 1.88 bits per heavy atom. The van der Waals surface area contributed by atoms with Crippen molar-refractivity contribution in [1.29, 1.82) is 0 Å². The number of carbonyl (C=O) groups is 2. The highest BCUT2D eigenvalue weighted by molar-refractivity contribution is 7.99. The zero-order valence-corrected chi connectivity index (χ0v) is 15.6. The van der Waals surface area contributed by atoms with E-state index in [2.05, 4.69) is 10.6 Å². The van der Waals surface area contributed by atoms with E-state index < -0.39 is 0 Å². The van der Waals surface area contributed by atoms with E-state index in [0.717, 1.165) is 18.4 Å². The molecule has 1 heterocycles. The van der Waals surface area contributed by atoms with E-state index in [9.17, 15) is 9.59 Å². The molecule has 5 nitrogen and oxygen atoms in total. The molecule has 1 aromatic rings. The number of thioether (sulfide) groups is 1. The van der Waals surface area contributed by atoms with E-state index in [1.54, 1.807) is 16.7 Å². The zero-order chi connectivity index (χ0) is 17.6. The minimum Gasteiger partial charge on any atom is -0.348 e. The van der Waals surface area contributed by atoms with Crippen LogP contribution in [-0.2, 0) is 4.79 Å². The van der Waals surface area contributed by atoms with Gasteiger partial charge >= 0.3 is 6.03 Å². The molecule has 2 aliphatic rings. The lowest BCUT2D eigenvalue weighted by atomic mass is 9.96. The van der Waals surface area contributed by atoms with Crippen LogP contribution in [0.2, 0.25) is 0 Å². The number of benzene rings is 1. The van der Waals surface area contributed by atoms with Gasteiger partial charge in [-0.2, -0.15) is 0 Å². The summed E-state index contributed by atoms with van der Waals surface area (Å²) in [5.74, 6) is 1.17. The molecule has 2 fully saturated rings. The number of carbonyl (C=O) groups excluding carboxylic acids is 2. The monoisotopic (exact) mass is 361 g/mol. The first-order valence-corrected chi connectivity index (χ1v) is 10.3. The van der Waals surface area contributed by atoms with Gasteiger partial charge in [0.1, 0.15) is 6.04 Å². The molecule has 1 aliphatic carbocycles. The summed E-state index contributed by atoms with van der Waals surface area (Å²) >= 11 is 1.64. The predicted octanol–water partition coefficient (Wildman–Crippen LogP) is 3.28. The maximum atomic E-state index is 12.7. The minimum absolute atomic E-state index is 0.0671. The Kier molecular flexibility index (Phi) is 6.24. The summed E-state index contributed by atoms with van der Waals surface area (Å²) in [5.41, 5.74) is 1.07. The van der Waals surface area contributed by atoms with Crippen molar-refractivity contribution in [3.63, 3.8) is 0 Å². The van der Waals surface area contributed by atoms with Crippen LogP contribution >= 0.6 is 11.8 Å². The third kappa shape index (κ3) is 4.69. The molecule has 1 unspecified atom stereocenters. The first-order chi connectivity index (χ1) is 12.1. The van der Waals surface area contributed by atoms with Crippen molar-refractivity contribution in [2.75, 3.05) is 11.6 Å². The molecule has 3 amide bonds. The van der Waals surface area contributed by atoms with Gasteiger partial charge in [-0.25, -0.2) is 4.79 Å². The summed E-state index contributed by atoms with van der Waals surface area (Å²) in [6, 6.07) is 9.61. The lowest BCUT2D eigenvalue weighted by Gasteiger charge is -2.29. The van der Waals surface area contributed by atoms with Crippen LogP contribution in [0.1, 0.15) is 50.6 Å². The number of nitrogens with one attached hydrogen (secondary N) is 2. The van der Waals surface area contributed by atoms with Gasteiger partial charge in [-0.3, -0.25) is 4.79 Å². The van der Waals surface area contributed by atoms with Crippen molar-refractivity contribution >= 4 is 23.7 Å². The Balaban J connectivity index is 1.56. The van der Waals surface area contributed by atoms with Crippen molar-refractivity contribution in [3.05, 3.63) is 35.9 Å². The first-order valence-electron chi connectivity index (χ1n) is 9.15. The summed E-state index contributed by atoms with van der Waals surface area (Å²) in [4.78, 5) is 27.0. The zero-order valence-electron chi connectivity index (χ0n) is 14.7. The standard InChI is InChI=1S/C19H27N3O2S/c1-14(15-8-4-2-5-9-15)20-18(23)17-12-25-13-22(17)19(24)21-16-10-6-3-7-11-16/h2,4-5,8-9,14,16-17H,3,6-7,10-13H2,1H3,(H,20,23)(H,21,24)/t14?,17-/m0/s1. The molecule has 6 heteroatoms. The first kappa shape index (κ1) is 18.1. The fraction of sp³-hybridized carbons (Fsp3) is 0.579. The molecular weight excluding hydrogens is 334 g/mol. The van der Waals surface area contributed by atoms with Gasteiger partial charge in [0, 0.05) is 11.8 Å². The maximum absolute atomic E-state index is 12.7. The number of hydrogen-bond donors (Lipinski definition) is 2. The highest BCUT2D eigenvalue weighted by Crippen LogP contribution is 2.24. The van der Waals surface area contributed by atoms with Crippen molar-refractivity contribution in [1.82, 2.24) is 15.5 Å². The molecule has 1 aromatic carbocycles. The SMILES string of the molecule is CC(NC(=O)[C@@H]1CSCN1C(=O)NC1CCCCC1)c1ccccc1. The van der Waals surface area contributed by atoms with Gasteiger partial charge in [0.25, 0.3) is 0 Å². The van der Waals surface area contributed by atoms with Gasteiger partial charge in [0.2, 0.25) is 5.91 Å². The molecule has 2 N–H and O–H groups in total. The van der Waals surface area contributed by atoms with Crippen molar-refractivity contribution in [2.24, 2.45) is 0 Å². The van der Waals surface area contributed by atoms with E-state index in [1.165, 1.54) is 19.3 Å². The Labute approximate surface area is 153 Å². The number of hydrogen-bond acceptors (Lipinski definition) is 3. The lowest BCUT2D eigenvalue weighted by molar-refractivity contribution is -0.125. The van der Waals surface area contributed by atoms with Gasteiger partial charge in [-0.1, -0.05) is 49.6 Å². The second-order valence-corrected chi connectivity index (χ2v) is 7.91. The largest absolute Gasteiger partial charge is 0.348 e. The Morgan fingerprint density at radius 3 is 2.60 bits per heavy atom. The van der Waals surface area contributed by atoms with Gasteiger partial charge < -0.3 is 15.5 Å². The Bertz CT molecular complexity index is 590. The molecule has 0 bridgehead atoms. The van der Waals surface area contributed by atoms with Gasteiger partial charge in [-0.15, -0.1) is 11.8 Å². The molecule has 1 saturated carbocycles. The molecule has 3 rings (SSSR count). The number of amides is 3. The Hall–Kier alpha value is -1.69. The molecule has 0 aromatic heterocycles. The van der Waals surface area contributed by atoms with Gasteiger partial charge in [0.05, 0.1) is 11.9 Å². The van der Waals surface area contributed by atoms with E-state index in [-0.39, 0.29) is 30.1 Å². The molecule has 0 radical (unpaired) electrons. The molecule has 1 aliphatic heterocycles. The highest BCUT2D eigenvalue weighted by atomic mass is 32.2. The van der Waals surface area contributed by atoms with Crippen molar-refractivity contribution in [2.45, 2.75) is 57.2 Å². The Morgan fingerprint density at radius 1 is 1.16 bits per heavy atom. The van der Waals surface area contributed by atoms with E-state index in [1.807, 2.05) is 37.3 Å². The van der Waals surface area contributed by atoms with Crippen LogP contribution in [0, 0.1) is 0 Å². The van der Waals surface area contributed by atoms with Crippen molar-refractivity contribution in [3.8, 4) is 0 Å². The number of urea groups is 1. The number of nitrogens with zero attached hydrogens (tertiary/aromatic N) is 1. The molecule has 0 spiro atoms. The molecule has 25 heavy (non-hydrogen) atoms. The fourth-order valence-corrected chi connectivity index (χ4v) is 4.65. The topological polar surface area (TPSA) is 61.4 Å². The third-order valence-electron chi connectivity index (χ3n) is 5.04. The van der Waals surface area contributed by atoms with Crippen LogP contribution in [0.3, 0.4) is 0 Å². The minimum atomic E-state index is -0.389. The second kappa shape index (κ2) is 8.61. The highest BCUT2D eigenvalue weighted by Gasteiger charge is 2.36. The number of rotatable bonds is 4. The molecule has 1 saturated heterocycles. The van der Waals surface area contributed by atoms with Crippen LogP contribution in [-0.4, -0.2) is 40.6 Å². The van der Waals surface area contributed by atoms with Crippen molar-refractivity contribution < 1.29 is 9.59 Å². The average molecular weight is 362 g/mol. The van der Waals surface area contributed by atoms with Crippen LogP contribution in [0.15, 0.2) is 30.3 Å². The quantitative estimate of drug-likeness (QED) is 0.865. The lowest BCUT2D eigenvalue weighted by Crippen LogP contribution is -2.52. The van der Waals surface area contributed by atoms with Crippen LogP contribution in [0.25, 0.3) is 0 Å². The van der Waals surface area contributed by atoms with E-state index in [4.69, 9.17) is 0 Å². The van der Waals surface area contributed by atoms with Gasteiger partial charge in [-0.05, 0) is 25.3 Å². The average Bonchev–Trinajstić information content (AvgIpc) is 3.13. The van der Waals surface area contributed by atoms with Crippen LogP contribution in [0.5, 0.6) is 0 Å². The maximum Gasteiger partial charge on any atom is 0.319 e. The van der Waals surface area contributed by atoms with Crippen LogP contribution in [0.4, 0.5) is 4.79 Å². The third-order valence-corrected chi connectivity index (χ3v) is 6.05. The predicted molar refractivity (Wildman–Crippen MR) is 101 cm³/mol. The summed E-state index contributed by atoms with van der Waals surface area (Å²) in [5, 5.41) is 6.18. The molecule has 2 atom stereocenters. The van der Waals surface area contributed by atoms with E-state index in [0.29, 0.717) is 11.6 Å². The molecule has 136 valence electrons. The van der Waals surface area contributed by atoms with E-state index >= 15 is 0 Å². The fourth-order valence-electron chi connectivity index (χ4n) is 3.50. The van der Waals surface area contributed by atoms with Gasteiger partial charge in [0.15, 0.2) is 0 Å². The summed E-state index contributed by atoms with van der Waals surface area (Å²) in [6.45, 7) is 1.97. The summed E-state index contributed by atoms with van der Waals surface area (Å²) in [6.07, 6.45) is 5.72. The molecular formula is C19H27N3O2S. The smallest absolute Gasteiger partial charge is 0.319 e. The summed E-state index contributed by atoms with van der Waals surface area (Å²) < 4.78 is 0.